The first-order valence-corrected chi connectivity index (χ1v) is 6.30. The number of nitrogens with one attached hydrogen (secondary N) is 1. The average Bonchev–Trinajstić information content (AvgIpc) is 3.18. The maximum absolute atomic E-state index is 13.6. The molecule has 3 atom stereocenters. The number of carboxylic acids is 1. The van der Waals surface area contributed by atoms with E-state index in [1.54, 1.807) is 13.0 Å². The van der Waals surface area contributed by atoms with Gasteiger partial charge in [-0.2, -0.15) is 0 Å². The quantitative estimate of drug-likeness (QED) is 0.862. The van der Waals surface area contributed by atoms with E-state index in [0.717, 1.165) is 0 Å². The molecule has 20 heavy (non-hydrogen) atoms. The van der Waals surface area contributed by atoms with Crippen LogP contribution in [0.15, 0.2) is 18.2 Å². The molecule has 0 aliphatic heterocycles. The predicted molar refractivity (Wildman–Crippen MR) is 68.7 cm³/mol. The predicted octanol–water partition coefficient (Wildman–Crippen LogP) is 1.73. The van der Waals surface area contributed by atoms with Crippen molar-refractivity contribution in [2.45, 2.75) is 19.4 Å². The van der Waals surface area contributed by atoms with Gasteiger partial charge in [0.2, 0.25) is 5.91 Å². The average molecular weight is 281 g/mol. The van der Waals surface area contributed by atoms with Gasteiger partial charge in [0.1, 0.15) is 0 Å². The summed E-state index contributed by atoms with van der Waals surface area (Å²) in [5.74, 6) is -2.68. The zero-order valence-electron chi connectivity index (χ0n) is 11.2. The fourth-order valence-corrected chi connectivity index (χ4v) is 2.11. The van der Waals surface area contributed by atoms with Crippen molar-refractivity contribution >= 4 is 11.9 Å². The number of carbonyl (C=O) groups is 2. The molecule has 0 saturated heterocycles. The van der Waals surface area contributed by atoms with Crippen LogP contribution in [0.3, 0.4) is 0 Å². The van der Waals surface area contributed by atoms with Gasteiger partial charge in [-0.1, -0.05) is 6.07 Å². The van der Waals surface area contributed by atoms with Gasteiger partial charge in [-0.15, -0.1) is 0 Å². The molecule has 2 N–H and O–H groups in total. The summed E-state index contributed by atoms with van der Waals surface area (Å²) in [5.41, 5.74) is 0.601. The Morgan fingerprint density at radius 3 is 2.65 bits per heavy atom. The molecule has 0 radical (unpaired) electrons. The van der Waals surface area contributed by atoms with E-state index in [2.05, 4.69) is 5.32 Å². The van der Waals surface area contributed by atoms with Gasteiger partial charge in [0.15, 0.2) is 11.6 Å². The zero-order valence-corrected chi connectivity index (χ0v) is 11.2. The molecule has 1 fully saturated rings. The Bertz CT molecular complexity index is 546. The van der Waals surface area contributed by atoms with E-state index < -0.39 is 29.7 Å². The zero-order chi connectivity index (χ0) is 14.9. The van der Waals surface area contributed by atoms with E-state index in [-0.39, 0.29) is 11.7 Å². The van der Waals surface area contributed by atoms with Gasteiger partial charge >= 0.3 is 5.97 Å². The lowest BCUT2D eigenvalue weighted by Crippen LogP contribution is -2.29. The second-order valence-corrected chi connectivity index (χ2v) is 4.91. The number of methoxy groups -OCH3 is 1. The molecule has 1 aliphatic rings. The van der Waals surface area contributed by atoms with Gasteiger partial charge in [-0.25, -0.2) is 4.39 Å². The van der Waals surface area contributed by atoms with Crippen molar-refractivity contribution < 1.29 is 23.8 Å². The van der Waals surface area contributed by atoms with Crippen LogP contribution in [0.1, 0.15) is 24.9 Å². The lowest BCUT2D eigenvalue weighted by molar-refractivity contribution is -0.140. The van der Waals surface area contributed by atoms with Crippen molar-refractivity contribution in [2.24, 2.45) is 11.8 Å². The maximum atomic E-state index is 13.6. The molecule has 1 aliphatic carbocycles. The van der Waals surface area contributed by atoms with Gasteiger partial charge in [-0.05, 0) is 31.0 Å². The van der Waals surface area contributed by atoms with E-state index in [9.17, 15) is 14.0 Å². The van der Waals surface area contributed by atoms with Gasteiger partial charge in [-0.3, -0.25) is 9.59 Å². The number of benzene rings is 1. The second kappa shape index (κ2) is 5.48. The van der Waals surface area contributed by atoms with Crippen molar-refractivity contribution in [2.75, 3.05) is 7.11 Å². The van der Waals surface area contributed by atoms with E-state index in [0.29, 0.717) is 12.0 Å². The third-order valence-corrected chi connectivity index (χ3v) is 3.48. The van der Waals surface area contributed by atoms with E-state index in [4.69, 9.17) is 9.84 Å². The number of hydrogen-bond donors (Lipinski definition) is 2. The standard InChI is InChI=1S/C14H16FNO4/c1-7(8-3-4-12(20-2)11(15)5-8)16-13(17)9-6-10(9)14(18)19/h3-5,7,9-10H,6H2,1-2H3,(H,16,17)(H,18,19)/t7-,9-,10+/m0/s1. The third kappa shape index (κ3) is 2.89. The van der Waals surface area contributed by atoms with Crippen LogP contribution in [0.4, 0.5) is 4.39 Å². The first kappa shape index (κ1) is 14.3. The Kier molecular flexibility index (Phi) is 3.92. The van der Waals surface area contributed by atoms with Crippen LogP contribution >= 0.6 is 0 Å². The van der Waals surface area contributed by atoms with Crippen molar-refractivity contribution in [3.63, 3.8) is 0 Å². The summed E-state index contributed by atoms with van der Waals surface area (Å²) in [6.45, 7) is 1.72. The highest BCUT2D eigenvalue weighted by molar-refractivity contribution is 5.89. The highest BCUT2D eigenvalue weighted by Crippen LogP contribution is 2.39. The molecule has 1 saturated carbocycles. The highest BCUT2D eigenvalue weighted by Gasteiger charge is 2.48. The number of carbonyl (C=O) groups excluding carboxylic acids is 1. The molecule has 0 unspecified atom stereocenters. The molecule has 0 heterocycles. The molecule has 0 spiro atoms. The fourth-order valence-electron chi connectivity index (χ4n) is 2.11. The molecular weight excluding hydrogens is 265 g/mol. The Hall–Kier alpha value is -2.11. The van der Waals surface area contributed by atoms with Crippen molar-refractivity contribution in [3.05, 3.63) is 29.6 Å². The van der Waals surface area contributed by atoms with Crippen molar-refractivity contribution in [1.82, 2.24) is 5.32 Å². The molecule has 6 heteroatoms. The van der Waals surface area contributed by atoms with Gasteiger partial charge in [0, 0.05) is 0 Å². The minimum absolute atomic E-state index is 0.139. The molecule has 5 nitrogen and oxygen atoms in total. The summed E-state index contributed by atoms with van der Waals surface area (Å²) in [7, 11) is 1.38. The topological polar surface area (TPSA) is 75.6 Å². The van der Waals surface area contributed by atoms with Crippen LogP contribution in [-0.2, 0) is 9.59 Å². The van der Waals surface area contributed by atoms with Crippen LogP contribution in [-0.4, -0.2) is 24.1 Å². The molecule has 0 bridgehead atoms. The van der Waals surface area contributed by atoms with Gasteiger partial charge in [0.05, 0.1) is 25.0 Å². The molecule has 1 amide bonds. The van der Waals surface area contributed by atoms with E-state index in [1.165, 1.54) is 19.2 Å². The second-order valence-electron chi connectivity index (χ2n) is 4.91. The highest BCUT2D eigenvalue weighted by atomic mass is 19.1. The minimum atomic E-state index is -0.951. The van der Waals surface area contributed by atoms with Crippen LogP contribution in [0.5, 0.6) is 5.75 Å². The summed E-state index contributed by atoms with van der Waals surface area (Å²) in [6, 6.07) is 4.06. The number of rotatable bonds is 5. The first-order valence-electron chi connectivity index (χ1n) is 6.30. The van der Waals surface area contributed by atoms with Crippen molar-refractivity contribution in [1.29, 1.82) is 0 Å². The van der Waals surface area contributed by atoms with Crippen LogP contribution < -0.4 is 10.1 Å². The number of hydrogen-bond acceptors (Lipinski definition) is 3. The molecule has 1 aromatic rings. The molecule has 2 rings (SSSR count). The molecule has 108 valence electrons. The normalized spacial score (nSPS) is 21.9. The lowest BCUT2D eigenvalue weighted by Gasteiger charge is -2.15. The summed E-state index contributed by atoms with van der Waals surface area (Å²) in [4.78, 5) is 22.5. The van der Waals surface area contributed by atoms with Crippen LogP contribution in [0.2, 0.25) is 0 Å². The number of carboxylic acid groups (broad SMARTS) is 1. The largest absolute Gasteiger partial charge is 0.494 e. The Balaban J connectivity index is 1.98. The number of aliphatic carboxylic acids is 1. The summed E-state index contributed by atoms with van der Waals surface area (Å²) >= 11 is 0. The fraction of sp³-hybridized carbons (Fsp3) is 0.429. The number of halogens is 1. The van der Waals surface area contributed by atoms with Gasteiger partial charge in [0.25, 0.3) is 0 Å². The Morgan fingerprint density at radius 2 is 2.15 bits per heavy atom. The monoisotopic (exact) mass is 281 g/mol. The number of amides is 1. The third-order valence-electron chi connectivity index (χ3n) is 3.48. The smallest absolute Gasteiger partial charge is 0.307 e. The van der Waals surface area contributed by atoms with Crippen LogP contribution in [0.25, 0.3) is 0 Å². The van der Waals surface area contributed by atoms with E-state index >= 15 is 0 Å². The van der Waals surface area contributed by atoms with Crippen LogP contribution in [0, 0.1) is 17.7 Å². The van der Waals surface area contributed by atoms with E-state index in [1.807, 2.05) is 0 Å². The summed E-state index contributed by atoms with van der Waals surface area (Å²) in [6.07, 6.45) is 0.366. The first-order chi connectivity index (χ1) is 9.43. The number of ether oxygens (including phenoxy) is 1. The van der Waals surface area contributed by atoms with Crippen molar-refractivity contribution in [3.8, 4) is 5.75 Å². The molecule has 1 aromatic carbocycles. The SMILES string of the molecule is COc1ccc([C@H](C)NC(=O)[C@H]2C[C@H]2C(=O)O)cc1F. The lowest BCUT2D eigenvalue weighted by atomic mass is 10.1. The maximum Gasteiger partial charge on any atom is 0.307 e. The minimum Gasteiger partial charge on any atom is -0.494 e. The Morgan fingerprint density at radius 1 is 1.45 bits per heavy atom. The van der Waals surface area contributed by atoms with Gasteiger partial charge < -0.3 is 15.2 Å². The molecular formula is C14H16FNO4. The molecule has 0 aromatic heterocycles. The Labute approximate surface area is 115 Å². The summed E-state index contributed by atoms with van der Waals surface area (Å²) < 4.78 is 18.4. The summed E-state index contributed by atoms with van der Waals surface area (Å²) in [5, 5.41) is 11.5.